The number of esters is 1. The average molecular weight is 395 g/mol. The molecule has 1 saturated heterocycles. The Morgan fingerprint density at radius 2 is 1.88 bits per heavy atom. The van der Waals surface area contributed by atoms with Crippen molar-refractivity contribution in [1.82, 2.24) is 4.90 Å². The third-order valence-corrected chi connectivity index (χ3v) is 7.07. The average Bonchev–Trinajstić information content (AvgIpc) is 2.76. The van der Waals surface area contributed by atoms with Gasteiger partial charge in [-0.05, 0) is 83.5 Å². The molecular formula is C20H30N2O2S2. The van der Waals surface area contributed by atoms with E-state index in [2.05, 4.69) is 24.1 Å². The zero-order chi connectivity index (χ0) is 18.7. The number of thiophene rings is 1. The lowest BCUT2D eigenvalue weighted by Gasteiger charge is -2.40. The molecule has 1 aromatic heterocycles. The van der Waals surface area contributed by atoms with E-state index in [1.54, 1.807) is 11.3 Å². The molecule has 0 spiro atoms. The van der Waals surface area contributed by atoms with Crippen LogP contribution in [0.15, 0.2) is 0 Å². The van der Waals surface area contributed by atoms with Gasteiger partial charge in [-0.15, -0.1) is 11.3 Å². The summed E-state index contributed by atoms with van der Waals surface area (Å²) in [5.41, 5.74) is 1.92. The van der Waals surface area contributed by atoms with Crippen LogP contribution in [0, 0.1) is 0 Å². The van der Waals surface area contributed by atoms with E-state index in [1.807, 2.05) is 6.92 Å². The SMILES string of the molecule is CCOC(=O)c1c(NC(=S)N2C(C)CCCC2C)sc2c1CCCCC2. The van der Waals surface area contributed by atoms with Crippen LogP contribution in [-0.4, -0.2) is 34.7 Å². The lowest BCUT2D eigenvalue weighted by atomic mass is 9.98. The lowest BCUT2D eigenvalue weighted by molar-refractivity contribution is 0.0527. The summed E-state index contributed by atoms with van der Waals surface area (Å²) >= 11 is 7.46. The van der Waals surface area contributed by atoms with Crippen LogP contribution in [0.1, 0.15) is 80.1 Å². The van der Waals surface area contributed by atoms with Gasteiger partial charge in [0.2, 0.25) is 0 Å². The van der Waals surface area contributed by atoms with E-state index in [0.29, 0.717) is 18.7 Å². The Kier molecular flexibility index (Phi) is 6.56. The van der Waals surface area contributed by atoms with Gasteiger partial charge < -0.3 is 15.0 Å². The number of carbonyl (C=O) groups excluding carboxylic acids is 1. The van der Waals surface area contributed by atoms with Gasteiger partial charge in [-0.2, -0.15) is 0 Å². The maximum absolute atomic E-state index is 12.7. The Balaban J connectivity index is 1.88. The predicted octanol–water partition coefficient (Wildman–Crippen LogP) is 5.15. The monoisotopic (exact) mass is 394 g/mol. The van der Waals surface area contributed by atoms with Crippen molar-refractivity contribution >= 4 is 39.6 Å². The van der Waals surface area contributed by atoms with Crippen molar-refractivity contribution in [2.75, 3.05) is 11.9 Å². The number of hydrogen-bond donors (Lipinski definition) is 1. The molecule has 0 aromatic carbocycles. The molecule has 1 N–H and O–H groups in total. The molecule has 1 aromatic rings. The second-order valence-corrected chi connectivity index (χ2v) is 8.95. The summed E-state index contributed by atoms with van der Waals surface area (Å²) in [6.07, 6.45) is 9.16. The second kappa shape index (κ2) is 8.70. The maximum Gasteiger partial charge on any atom is 0.341 e. The molecule has 1 fully saturated rings. The van der Waals surface area contributed by atoms with Crippen LogP contribution in [0.25, 0.3) is 0 Å². The van der Waals surface area contributed by atoms with Crippen LogP contribution in [0.4, 0.5) is 5.00 Å². The number of ether oxygens (including phenoxy) is 1. The number of thiocarbonyl (C=S) groups is 1. The fraction of sp³-hybridized carbons (Fsp3) is 0.700. The largest absolute Gasteiger partial charge is 0.462 e. The van der Waals surface area contributed by atoms with Crippen LogP contribution in [0.5, 0.6) is 0 Å². The number of likely N-dealkylation sites (tertiary alicyclic amines) is 1. The third kappa shape index (κ3) is 4.06. The Morgan fingerprint density at radius 1 is 1.19 bits per heavy atom. The number of carbonyl (C=O) groups is 1. The van der Waals surface area contributed by atoms with E-state index in [4.69, 9.17) is 17.0 Å². The van der Waals surface area contributed by atoms with Gasteiger partial charge in [-0.3, -0.25) is 0 Å². The highest BCUT2D eigenvalue weighted by Gasteiger charge is 2.30. The van der Waals surface area contributed by atoms with Crippen molar-refractivity contribution in [2.24, 2.45) is 0 Å². The molecule has 0 radical (unpaired) electrons. The summed E-state index contributed by atoms with van der Waals surface area (Å²) in [7, 11) is 0. The molecule has 2 atom stereocenters. The van der Waals surface area contributed by atoms with Gasteiger partial charge in [0.15, 0.2) is 5.11 Å². The van der Waals surface area contributed by atoms with Crippen molar-refractivity contribution in [3.8, 4) is 0 Å². The first-order valence-corrected chi connectivity index (χ1v) is 11.2. The number of fused-ring (bicyclic) bond motifs is 1. The number of nitrogens with zero attached hydrogens (tertiary/aromatic N) is 1. The number of rotatable bonds is 3. The molecule has 26 heavy (non-hydrogen) atoms. The molecule has 2 heterocycles. The van der Waals surface area contributed by atoms with Gasteiger partial charge >= 0.3 is 5.97 Å². The summed E-state index contributed by atoms with van der Waals surface area (Å²) in [4.78, 5) is 16.3. The standard InChI is InChI=1S/C20H30N2O2S2/c1-4-24-19(23)17-15-11-6-5-7-12-16(15)26-18(17)21-20(25)22-13(2)9-8-10-14(22)3/h13-14H,4-12H2,1-3H3,(H,21,25). The van der Waals surface area contributed by atoms with Gasteiger partial charge in [-0.25, -0.2) is 4.79 Å². The summed E-state index contributed by atoms with van der Waals surface area (Å²) in [5.74, 6) is -0.211. The topological polar surface area (TPSA) is 41.6 Å². The van der Waals surface area contributed by atoms with E-state index in [-0.39, 0.29) is 5.97 Å². The van der Waals surface area contributed by atoms with Crippen molar-refractivity contribution in [1.29, 1.82) is 0 Å². The van der Waals surface area contributed by atoms with Crippen molar-refractivity contribution < 1.29 is 9.53 Å². The molecule has 2 unspecified atom stereocenters. The minimum Gasteiger partial charge on any atom is -0.462 e. The highest BCUT2D eigenvalue weighted by Crippen LogP contribution is 2.38. The number of anilines is 1. The zero-order valence-corrected chi connectivity index (χ0v) is 17.7. The maximum atomic E-state index is 12.7. The van der Waals surface area contributed by atoms with Gasteiger partial charge in [0.25, 0.3) is 0 Å². The quantitative estimate of drug-likeness (QED) is 0.436. The number of piperidine rings is 1. The van der Waals surface area contributed by atoms with Crippen molar-refractivity contribution in [3.05, 3.63) is 16.0 Å². The fourth-order valence-corrected chi connectivity index (χ4v) is 6.04. The van der Waals surface area contributed by atoms with Crippen LogP contribution in [0.2, 0.25) is 0 Å². The van der Waals surface area contributed by atoms with E-state index < -0.39 is 0 Å². The van der Waals surface area contributed by atoms with E-state index in [0.717, 1.165) is 47.8 Å². The second-order valence-electron chi connectivity index (χ2n) is 7.46. The highest BCUT2D eigenvalue weighted by atomic mass is 32.1. The molecule has 4 nitrogen and oxygen atoms in total. The first-order chi connectivity index (χ1) is 12.5. The van der Waals surface area contributed by atoms with Crippen LogP contribution in [0.3, 0.4) is 0 Å². The Hall–Kier alpha value is -1.14. The molecular weight excluding hydrogens is 364 g/mol. The Morgan fingerprint density at radius 3 is 2.58 bits per heavy atom. The number of aryl methyl sites for hydroxylation is 1. The smallest absolute Gasteiger partial charge is 0.341 e. The molecule has 3 rings (SSSR count). The van der Waals surface area contributed by atoms with E-state index in [1.165, 1.54) is 29.7 Å². The number of hydrogen-bond acceptors (Lipinski definition) is 4. The minimum atomic E-state index is -0.211. The zero-order valence-electron chi connectivity index (χ0n) is 16.1. The molecule has 0 amide bonds. The van der Waals surface area contributed by atoms with E-state index >= 15 is 0 Å². The van der Waals surface area contributed by atoms with E-state index in [9.17, 15) is 4.79 Å². The van der Waals surface area contributed by atoms with Crippen molar-refractivity contribution in [2.45, 2.75) is 84.2 Å². The molecule has 1 aliphatic heterocycles. The summed E-state index contributed by atoms with van der Waals surface area (Å²) < 4.78 is 5.37. The van der Waals surface area contributed by atoms with Gasteiger partial charge in [0.1, 0.15) is 5.00 Å². The Labute approximate surface area is 166 Å². The molecule has 2 aliphatic rings. The molecule has 0 saturated carbocycles. The molecule has 0 bridgehead atoms. The van der Waals surface area contributed by atoms with Gasteiger partial charge in [0, 0.05) is 17.0 Å². The van der Waals surface area contributed by atoms with Crippen LogP contribution >= 0.6 is 23.6 Å². The summed E-state index contributed by atoms with van der Waals surface area (Å²) in [6, 6.07) is 0.866. The first kappa shape index (κ1) is 19.6. The highest BCUT2D eigenvalue weighted by molar-refractivity contribution is 7.80. The lowest BCUT2D eigenvalue weighted by Crippen LogP contribution is -2.49. The predicted molar refractivity (Wildman–Crippen MR) is 112 cm³/mol. The van der Waals surface area contributed by atoms with Crippen LogP contribution in [-0.2, 0) is 17.6 Å². The van der Waals surface area contributed by atoms with Crippen LogP contribution < -0.4 is 5.32 Å². The third-order valence-electron chi connectivity index (χ3n) is 5.55. The van der Waals surface area contributed by atoms with Gasteiger partial charge in [0.05, 0.1) is 12.2 Å². The van der Waals surface area contributed by atoms with Crippen molar-refractivity contribution in [3.63, 3.8) is 0 Å². The normalized spacial score (nSPS) is 23.1. The number of nitrogens with one attached hydrogen (secondary N) is 1. The van der Waals surface area contributed by atoms with Gasteiger partial charge in [-0.1, -0.05) is 6.42 Å². The first-order valence-electron chi connectivity index (χ1n) is 9.93. The molecule has 1 aliphatic carbocycles. The molecule has 144 valence electrons. The molecule has 6 heteroatoms. The fourth-order valence-electron chi connectivity index (χ4n) is 4.23. The minimum absolute atomic E-state index is 0.211. The Bertz CT molecular complexity index is 661. The summed E-state index contributed by atoms with van der Waals surface area (Å²) in [5, 5.41) is 5.06. The summed E-state index contributed by atoms with van der Waals surface area (Å²) in [6.45, 7) is 6.73.